The number of fused-ring (bicyclic) bond motifs is 1. The van der Waals surface area contributed by atoms with Crippen LogP contribution >= 0.6 is 0 Å². The van der Waals surface area contributed by atoms with Gasteiger partial charge in [0, 0.05) is 17.1 Å². The lowest BCUT2D eigenvalue weighted by Gasteiger charge is -2.06. The van der Waals surface area contributed by atoms with Crippen LogP contribution in [0, 0.1) is 0 Å². The second-order valence-corrected chi connectivity index (χ2v) is 4.10. The van der Waals surface area contributed by atoms with Gasteiger partial charge < -0.3 is 9.54 Å². The van der Waals surface area contributed by atoms with Gasteiger partial charge >= 0.3 is 6.18 Å². The Hall–Kier alpha value is -1.34. The lowest BCUT2D eigenvalue weighted by atomic mass is 10.1. The van der Waals surface area contributed by atoms with Crippen LogP contribution in [0.1, 0.15) is 5.56 Å². The second-order valence-electron chi connectivity index (χ2n) is 3.16. The number of benzene rings is 1. The summed E-state index contributed by atoms with van der Waals surface area (Å²) < 4.78 is 56.9. The van der Waals surface area contributed by atoms with Crippen LogP contribution < -0.4 is 0 Å². The van der Waals surface area contributed by atoms with Gasteiger partial charge in [0.15, 0.2) is 11.1 Å². The molecule has 0 spiro atoms. The Morgan fingerprint density at radius 3 is 2.56 bits per heavy atom. The monoisotopic (exact) mass is 249 g/mol. The molecule has 0 fully saturated rings. The molecule has 0 amide bonds. The summed E-state index contributed by atoms with van der Waals surface area (Å²) in [4.78, 5) is 2.57. The average molecular weight is 249 g/mol. The molecule has 2 N–H and O–H groups in total. The number of hydrogen-bond acceptors (Lipinski definition) is 1. The Balaban J connectivity index is 2.68. The van der Waals surface area contributed by atoms with E-state index in [0.29, 0.717) is 5.52 Å². The molecule has 1 aromatic carbocycles. The summed E-state index contributed by atoms with van der Waals surface area (Å²) >= 11 is -2.31. The molecule has 0 aliphatic carbocycles. The van der Waals surface area contributed by atoms with Crippen LogP contribution in [-0.2, 0) is 17.3 Å². The molecule has 7 heteroatoms. The number of hydrogen-bond donors (Lipinski definition) is 2. The fourth-order valence-corrected chi connectivity index (χ4v) is 1.93. The number of alkyl halides is 3. The zero-order valence-electron chi connectivity index (χ0n) is 7.71. The van der Waals surface area contributed by atoms with Gasteiger partial charge in [0.2, 0.25) is 0 Å². The summed E-state index contributed by atoms with van der Waals surface area (Å²) in [6, 6.07) is 3.01. The number of halogens is 3. The summed E-state index contributed by atoms with van der Waals surface area (Å²) in [5.74, 6) is 0. The van der Waals surface area contributed by atoms with E-state index in [0.717, 1.165) is 12.1 Å². The van der Waals surface area contributed by atoms with Crippen LogP contribution in [0.3, 0.4) is 0 Å². The molecule has 0 bridgehead atoms. The molecule has 0 saturated heterocycles. The van der Waals surface area contributed by atoms with Gasteiger partial charge in [-0.2, -0.15) is 13.2 Å². The molecule has 0 radical (unpaired) electrons. The molecule has 86 valence electrons. The van der Waals surface area contributed by atoms with Crippen molar-refractivity contribution in [2.75, 3.05) is 0 Å². The Labute approximate surface area is 90.6 Å². The molecule has 2 rings (SSSR count). The topological polar surface area (TPSA) is 53.1 Å². The predicted molar refractivity (Wildman–Crippen MR) is 52.3 cm³/mol. The van der Waals surface area contributed by atoms with Gasteiger partial charge in [-0.05, 0) is 18.2 Å². The van der Waals surface area contributed by atoms with Gasteiger partial charge in [-0.25, -0.2) is 4.21 Å². The van der Waals surface area contributed by atoms with Gasteiger partial charge in [0.05, 0.1) is 10.5 Å². The molecule has 1 aromatic heterocycles. The van der Waals surface area contributed by atoms with Crippen molar-refractivity contribution in [1.82, 2.24) is 4.98 Å². The van der Waals surface area contributed by atoms with Crippen LogP contribution in [0.2, 0.25) is 0 Å². The van der Waals surface area contributed by atoms with Gasteiger partial charge in [-0.3, -0.25) is 0 Å². The van der Waals surface area contributed by atoms with E-state index < -0.39 is 22.8 Å². The first-order valence-corrected chi connectivity index (χ1v) is 5.29. The first-order chi connectivity index (χ1) is 7.39. The Bertz CT molecular complexity index is 561. The molecule has 0 saturated carbocycles. The van der Waals surface area contributed by atoms with Crippen molar-refractivity contribution in [2.45, 2.75) is 11.1 Å². The highest BCUT2D eigenvalue weighted by atomic mass is 32.2. The van der Waals surface area contributed by atoms with Gasteiger partial charge in [0.25, 0.3) is 0 Å². The van der Waals surface area contributed by atoms with Crippen molar-refractivity contribution in [3.63, 3.8) is 0 Å². The van der Waals surface area contributed by atoms with Crippen molar-refractivity contribution in [3.8, 4) is 0 Å². The maximum Gasteiger partial charge on any atom is 0.416 e. The van der Waals surface area contributed by atoms with Crippen LogP contribution in [0.25, 0.3) is 10.9 Å². The van der Waals surface area contributed by atoms with E-state index in [1.165, 1.54) is 12.3 Å². The first-order valence-electron chi connectivity index (χ1n) is 4.19. The molecule has 1 heterocycles. The minimum atomic E-state index is -4.46. The Morgan fingerprint density at radius 2 is 2.00 bits per heavy atom. The molecule has 3 nitrogen and oxygen atoms in total. The van der Waals surface area contributed by atoms with E-state index in [4.69, 9.17) is 4.55 Å². The molecule has 16 heavy (non-hydrogen) atoms. The first kappa shape index (κ1) is 11.2. The molecule has 0 aliphatic heterocycles. The SMILES string of the molecule is O=S(O)c1c[nH]c2ccc(C(F)(F)F)cc12. The molecule has 0 aliphatic rings. The van der Waals surface area contributed by atoms with E-state index in [1.54, 1.807) is 0 Å². The molecular formula is C9H6F3NO2S. The van der Waals surface area contributed by atoms with Crippen LogP contribution in [-0.4, -0.2) is 13.7 Å². The van der Waals surface area contributed by atoms with Crippen LogP contribution in [0.5, 0.6) is 0 Å². The van der Waals surface area contributed by atoms with E-state index in [1.807, 2.05) is 0 Å². The number of H-pyrrole nitrogens is 1. The van der Waals surface area contributed by atoms with Gasteiger partial charge in [-0.1, -0.05) is 0 Å². The normalized spacial score (nSPS) is 14.2. The highest BCUT2D eigenvalue weighted by Crippen LogP contribution is 2.32. The van der Waals surface area contributed by atoms with E-state index in [-0.39, 0.29) is 10.3 Å². The van der Waals surface area contributed by atoms with Crippen molar-refractivity contribution in [1.29, 1.82) is 0 Å². The molecule has 1 unspecified atom stereocenters. The quantitative estimate of drug-likeness (QED) is 0.763. The van der Waals surface area contributed by atoms with Crippen molar-refractivity contribution >= 4 is 22.0 Å². The zero-order valence-corrected chi connectivity index (χ0v) is 8.52. The fourth-order valence-electron chi connectivity index (χ4n) is 1.42. The lowest BCUT2D eigenvalue weighted by molar-refractivity contribution is -0.137. The smallest absolute Gasteiger partial charge is 0.360 e. The maximum atomic E-state index is 12.4. The van der Waals surface area contributed by atoms with Crippen LogP contribution in [0.15, 0.2) is 29.3 Å². The number of aromatic amines is 1. The maximum absolute atomic E-state index is 12.4. The van der Waals surface area contributed by atoms with Gasteiger partial charge in [-0.15, -0.1) is 0 Å². The summed E-state index contributed by atoms with van der Waals surface area (Å²) in [6.45, 7) is 0. The van der Waals surface area contributed by atoms with Gasteiger partial charge in [0.1, 0.15) is 0 Å². The average Bonchev–Trinajstić information content (AvgIpc) is 2.58. The summed E-state index contributed by atoms with van der Waals surface area (Å²) in [5, 5.41) is 0.107. The number of aromatic nitrogens is 1. The highest BCUT2D eigenvalue weighted by molar-refractivity contribution is 7.79. The minimum Gasteiger partial charge on any atom is -0.360 e. The van der Waals surface area contributed by atoms with Crippen molar-refractivity contribution < 1.29 is 21.9 Å². The summed E-state index contributed by atoms with van der Waals surface area (Å²) in [5.41, 5.74) is -0.447. The third kappa shape index (κ3) is 1.83. The Kier molecular flexibility index (Phi) is 2.51. The molecule has 1 atom stereocenters. The fraction of sp³-hybridized carbons (Fsp3) is 0.111. The molecular weight excluding hydrogens is 243 g/mol. The van der Waals surface area contributed by atoms with E-state index in [9.17, 15) is 17.4 Å². The van der Waals surface area contributed by atoms with Crippen LogP contribution in [0.4, 0.5) is 13.2 Å². The zero-order chi connectivity index (χ0) is 11.9. The van der Waals surface area contributed by atoms with Crippen molar-refractivity contribution in [2.24, 2.45) is 0 Å². The standard InChI is InChI=1S/C9H6F3NO2S/c10-9(11,12)5-1-2-7-6(3-5)8(4-13-7)16(14)15/h1-4,13H,(H,14,15). The summed E-state index contributed by atoms with van der Waals surface area (Å²) in [7, 11) is 0. The number of rotatable bonds is 1. The largest absolute Gasteiger partial charge is 0.416 e. The second kappa shape index (κ2) is 3.60. The summed E-state index contributed by atoms with van der Waals surface area (Å²) in [6.07, 6.45) is -3.24. The third-order valence-corrected chi connectivity index (χ3v) is 2.87. The Morgan fingerprint density at radius 1 is 1.31 bits per heavy atom. The number of nitrogens with one attached hydrogen (secondary N) is 1. The third-order valence-electron chi connectivity index (χ3n) is 2.16. The lowest BCUT2D eigenvalue weighted by Crippen LogP contribution is -2.04. The minimum absolute atomic E-state index is 0.0545. The van der Waals surface area contributed by atoms with Crippen molar-refractivity contribution in [3.05, 3.63) is 30.0 Å². The van der Waals surface area contributed by atoms with E-state index >= 15 is 0 Å². The predicted octanol–water partition coefficient (Wildman–Crippen LogP) is 2.77. The molecule has 2 aromatic rings. The van der Waals surface area contributed by atoms with E-state index in [2.05, 4.69) is 4.98 Å². The highest BCUT2D eigenvalue weighted by Gasteiger charge is 2.30.